The summed E-state index contributed by atoms with van der Waals surface area (Å²) in [7, 11) is 2.09. The molecule has 3 rings (SSSR count). The molecule has 0 spiro atoms. The van der Waals surface area contributed by atoms with E-state index in [1.807, 2.05) is 6.07 Å². The zero-order valence-corrected chi connectivity index (χ0v) is 9.60. The Morgan fingerprint density at radius 3 is 3.06 bits per heavy atom. The topological polar surface area (TPSA) is 49.0 Å². The molecule has 0 saturated carbocycles. The molecule has 0 aliphatic carbocycles. The fraction of sp³-hybridized carbons (Fsp3) is 0.231. The molecule has 4 heteroatoms. The number of likely N-dealkylation sites (N-methyl/N-ethyl adjacent to an activating group) is 1. The Kier molecular flexibility index (Phi) is 2.21. The minimum atomic E-state index is -0.118. The molecule has 1 aliphatic heterocycles. The molecule has 1 aliphatic rings. The van der Waals surface area contributed by atoms with Gasteiger partial charge in [-0.05, 0) is 30.2 Å². The van der Waals surface area contributed by atoms with Crippen LogP contribution in [0.3, 0.4) is 0 Å². The zero-order chi connectivity index (χ0) is 11.8. The maximum absolute atomic E-state index is 11.2. The highest BCUT2D eigenvalue weighted by Gasteiger charge is 2.16. The number of anilines is 1. The van der Waals surface area contributed by atoms with E-state index < -0.39 is 0 Å². The van der Waals surface area contributed by atoms with Gasteiger partial charge in [0.1, 0.15) is 5.82 Å². The first kappa shape index (κ1) is 10.1. The van der Waals surface area contributed by atoms with Crippen molar-refractivity contribution >= 4 is 5.69 Å². The van der Waals surface area contributed by atoms with Crippen LogP contribution in [-0.4, -0.2) is 23.6 Å². The number of benzene rings is 1. The lowest BCUT2D eigenvalue weighted by molar-refractivity contribution is 0.956. The molecule has 4 nitrogen and oxygen atoms in total. The minimum absolute atomic E-state index is 0.118. The molecule has 1 aromatic heterocycles. The van der Waals surface area contributed by atoms with Gasteiger partial charge in [-0.1, -0.05) is 0 Å². The highest BCUT2D eigenvalue weighted by atomic mass is 16.1. The zero-order valence-electron chi connectivity index (χ0n) is 9.60. The van der Waals surface area contributed by atoms with Gasteiger partial charge in [0.05, 0.1) is 0 Å². The van der Waals surface area contributed by atoms with E-state index in [0.29, 0.717) is 5.82 Å². The molecule has 1 aromatic carbocycles. The van der Waals surface area contributed by atoms with Gasteiger partial charge in [0, 0.05) is 37.1 Å². The Morgan fingerprint density at radius 1 is 1.35 bits per heavy atom. The Balaban J connectivity index is 2.09. The Hall–Kier alpha value is -2.10. The van der Waals surface area contributed by atoms with Gasteiger partial charge in [0.25, 0.3) is 5.56 Å². The number of fused-ring (bicyclic) bond motifs is 1. The molecule has 0 unspecified atom stereocenters. The second-order valence-electron chi connectivity index (χ2n) is 4.30. The maximum atomic E-state index is 11.2. The number of aromatic amines is 1. The summed E-state index contributed by atoms with van der Waals surface area (Å²) in [6.07, 6.45) is 2.59. The van der Waals surface area contributed by atoms with Crippen LogP contribution in [0, 0.1) is 0 Å². The van der Waals surface area contributed by atoms with Crippen molar-refractivity contribution in [2.24, 2.45) is 0 Å². The lowest BCUT2D eigenvalue weighted by Crippen LogP contribution is -2.12. The molecule has 0 atom stereocenters. The van der Waals surface area contributed by atoms with Crippen molar-refractivity contribution in [1.29, 1.82) is 0 Å². The van der Waals surface area contributed by atoms with Crippen LogP contribution < -0.4 is 10.5 Å². The van der Waals surface area contributed by atoms with Crippen LogP contribution in [0.15, 0.2) is 35.3 Å². The lowest BCUT2D eigenvalue weighted by Gasteiger charge is -2.11. The second kappa shape index (κ2) is 3.73. The fourth-order valence-corrected chi connectivity index (χ4v) is 2.23. The first-order valence-electron chi connectivity index (χ1n) is 5.64. The average molecular weight is 227 g/mol. The third-order valence-electron chi connectivity index (χ3n) is 3.15. The van der Waals surface area contributed by atoms with Crippen LogP contribution in [0.25, 0.3) is 11.4 Å². The normalized spacial score (nSPS) is 13.8. The summed E-state index contributed by atoms with van der Waals surface area (Å²) < 4.78 is 0. The molecule has 2 aromatic rings. The third-order valence-corrected chi connectivity index (χ3v) is 3.15. The van der Waals surface area contributed by atoms with Gasteiger partial charge in [0.2, 0.25) is 0 Å². The summed E-state index contributed by atoms with van der Waals surface area (Å²) in [4.78, 5) is 20.4. The van der Waals surface area contributed by atoms with Gasteiger partial charge in [-0.25, -0.2) is 4.98 Å². The highest BCUT2D eigenvalue weighted by Crippen LogP contribution is 2.29. The van der Waals surface area contributed by atoms with Crippen LogP contribution in [0.2, 0.25) is 0 Å². The molecule has 0 fully saturated rings. The van der Waals surface area contributed by atoms with E-state index in [1.165, 1.54) is 23.5 Å². The average Bonchev–Trinajstić information content (AvgIpc) is 2.71. The minimum Gasteiger partial charge on any atom is -0.374 e. The van der Waals surface area contributed by atoms with E-state index in [-0.39, 0.29) is 5.56 Å². The van der Waals surface area contributed by atoms with Crippen LogP contribution >= 0.6 is 0 Å². The number of rotatable bonds is 1. The first-order valence-corrected chi connectivity index (χ1v) is 5.64. The van der Waals surface area contributed by atoms with Gasteiger partial charge in [-0.2, -0.15) is 0 Å². The SMILES string of the molecule is CN1CCc2cc(-c3nccc(=O)[nH]3)ccc21. The Bertz CT molecular complexity index is 618. The Morgan fingerprint density at radius 2 is 2.24 bits per heavy atom. The molecule has 0 radical (unpaired) electrons. The van der Waals surface area contributed by atoms with Gasteiger partial charge in [-0.3, -0.25) is 4.79 Å². The summed E-state index contributed by atoms with van der Waals surface area (Å²) in [5, 5.41) is 0. The molecule has 17 heavy (non-hydrogen) atoms. The predicted molar refractivity (Wildman–Crippen MR) is 67.3 cm³/mol. The summed E-state index contributed by atoms with van der Waals surface area (Å²) in [5.41, 5.74) is 3.44. The highest BCUT2D eigenvalue weighted by molar-refractivity contribution is 5.66. The standard InChI is InChI=1S/C13H13N3O/c1-16-7-5-9-8-10(2-3-11(9)16)13-14-6-4-12(17)15-13/h2-4,6,8H,5,7H2,1H3,(H,14,15,17). The quantitative estimate of drug-likeness (QED) is 0.801. The summed E-state index contributed by atoms with van der Waals surface area (Å²) in [6, 6.07) is 7.62. The smallest absolute Gasteiger partial charge is 0.251 e. The van der Waals surface area contributed by atoms with Crippen molar-refractivity contribution in [3.05, 3.63) is 46.4 Å². The van der Waals surface area contributed by atoms with E-state index in [9.17, 15) is 4.79 Å². The molecule has 1 N–H and O–H groups in total. The monoisotopic (exact) mass is 227 g/mol. The van der Waals surface area contributed by atoms with E-state index >= 15 is 0 Å². The summed E-state index contributed by atoms with van der Waals surface area (Å²) in [5.74, 6) is 0.634. The first-order chi connectivity index (χ1) is 8.24. The Labute approximate surface area is 98.9 Å². The van der Waals surface area contributed by atoms with Crippen LogP contribution in [0.4, 0.5) is 5.69 Å². The predicted octanol–water partition coefficient (Wildman–Crippen LogP) is 1.43. The number of nitrogens with zero attached hydrogens (tertiary/aromatic N) is 2. The van der Waals surface area contributed by atoms with Crippen molar-refractivity contribution in [3.8, 4) is 11.4 Å². The van der Waals surface area contributed by atoms with Crippen LogP contribution in [0.5, 0.6) is 0 Å². The van der Waals surface area contributed by atoms with Crippen LogP contribution in [0.1, 0.15) is 5.56 Å². The van der Waals surface area contributed by atoms with Crippen LogP contribution in [-0.2, 0) is 6.42 Å². The molecular formula is C13H13N3O. The van der Waals surface area contributed by atoms with Crippen molar-refractivity contribution in [2.45, 2.75) is 6.42 Å². The number of aromatic nitrogens is 2. The molecule has 0 bridgehead atoms. The number of nitrogens with one attached hydrogen (secondary N) is 1. The second-order valence-corrected chi connectivity index (χ2v) is 4.30. The molecule has 2 heterocycles. The van der Waals surface area contributed by atoms with E-state index in [4.69, 9.17) is 0 Å². The summed E-state index contributed by atoms with van der Waals surface area (Å²) in [6.45, 7) is 1.05. The maximum Gasteiger partial charge on any atom is 0.251 e. The van der Waals surface area contributed by atoms with Gasteiger partial charge < -0.3 is 9.88 Å². The van der Waals surface area contributed by atoms with Gasteiger partial charge >= 0.3 is 0 Å². The van der Waals surface area contributed by atoms with Gasteiger partial charge in [-0.15, -0.1) is 0 Å². The van der Waals surface area contributed by atoms with Crippen molar-refractivity contribution < 1.29 is 0 Å². The van der Waals surface area contributed by atoms with Crippen molar-refractivity contribution in [2.75, 3.05) is 18.5 Å². The van der Waals surface area contributed by atoms with Crippen molar-refractivity contribution in [3.63, 3.8) is 0 Å². The van der Waals surface area contributed by atoms with Gasteiger partial charge in [0.15, 0.2) is 0 Å². The van der Waals surface area contributed by atoms with E-state index in [0.717, 1.165) is 18.5 Å². The third kappa shape index (κ3) is 1.71. The lowest BCUT2D eigenvalue weighted by atomic mass is 10.1. The van der Waals surface area contributed by atoms with Crippen molar-refractivity contribution in [1.82, 2.24) is 9.97 Å². The molecule has 0 saturated heterocycles. The molecule has 0 amide bonds. The number of hydrogen-bond donors (Lipinski definition) is 1. The molecular weight excluding hydrogens is 214 g/mol. The fourth-order valence-electron chi connectivity index (χ4n) is 2.23. The van der Waals surface area contributed by atoms with E-state index in [1.54, 1.807) is 0 Å². The number of hydrogen-bond acceptors (Lipinski definition) is 3. The summed E-state index contributed by atoms with van der Waals surface area (Å²) >= 11 is 0. The van der Waals surface area contributed by atoms with E-state index in [2.05, 4.69) is 34.0 Å². The molecule has 86 valence electrons. The number of H-pyrrole nitrogens is 1. The largest absolute Gasteiger partial charge is 0.374 e.